The van der Waals surface area contributed by atoms with E-state index in [9.17, 15) is 14.7 Å². The van der Waals surface area contributed by atoms with Gasteiger partial charge in [-0.2, -0.15) is 0 Å². The third kappa shape index (κ3) is 3.87. The van der Waals surface area contributed by atoms with Crippen LogP contribution in [0.25, 0.3) is 5.69 Å². The molecule has 2 atom stereocenters. The molecule has 0 spiro atoms. The van der Waals surface area contributed by atoms with Gasteiger partial charge in [-0.05, 0) is 24.1 Å². The highest BCUT2D eigenvalue weighted by Crippen LogP contribution is 2.26. The molecule has 2 unspecified atom stereocenters. The number of piperidine rings is 1. The molecule has 1 fully saturated rings. The van der Waals surface area contributed by atoms with Gasteiger partial charge in [0.15, 0.2) is 0 Å². The molecule has 2 aromatic rings. The topological polar surface area (TPSA) is 84.7 Å². The minimum atomic E-state index is -0.887. The van der Waals surface area contributed by atoms with E-state index in [4.69, 9.17) is 4.74 Å². The molecule has 7 heteroatoms. The number of aromatic nitrogens is 2. The predicted octanol–water partition coefficient (Wildman–Crippen LogP) is 2.78. The summed E-state index contributed by atoms with van der Waals surface area (Å²) in [5, 5.41) is 9.35. The monoisotopic (exact) mass is 357 g/mol. The molecular formula is C19H23N3O4. The fourth-order valence-electron chi connectivity index (χ4n) is 3.38. The first-order valence-electron chi connectivity index (χ1n) is 8.75. The number of rotatable bonds is 4. The molecule has 1 saturated heterocycles. The highest BCUT2D eigenvalue weighted by molar-refractivity contribution is 5.65. The lowest BCUT2D eigenvalue weighted by Crippen LogP contribution is -2.50. The van der Waals surface area contributed by atoms with Crippen LogP contribution in [0.3, 0.4) is 0 Å². The summed E-state index contributed by atoms with van der Waals surface area (Å²) < 4.78 is 7.52. The largest absolute Gasteiger partial charge is 0.490 e. The van der Waals surface area contributed by atoms with Crippen LogP contribution < -0.4 is 10.3 Å². The maximum absolute atomic E-state index is 12.4. The number of ether oxygens (including phenoxy) is 1. The van der Waals surface area contributed by atoms with Gasteiger partial charge in [-0.1, -0.05) is 13.8 Å². The first-order chi connectivity index (χ1) is 12.5. The van der Waals surface area contributed by atoms with Crippen LogP contribution in [0.5, 0.6) is 5.75 Å². The average molecular weight is 357 g/mol. The van der Waals surface area contributed by atoms with Crippen molar-refractivity contribution in [3.8, 4) is 11.4 Å². The van der Waals surface area contributed by atoms with E-state index in [1.54, 1.807) is 36.8 Å². The Bertz CT molecular complexity index is 819. The number of carbonyl (C=O) groups is 1. The molecular weight excluding hydrogens is 334 g/mol. The van der Waals surface area contributed by atoms with Crippen molar-refractivity contribution in [1.82, 2.24) is 14.5 Å². The molecule has 3 rings (SSSR count). The first-order valence-corrected chi connectivity index (χ1v) is 8.75. The van der Waals surface area contributed by atoms with Gasteiger partial charge in [0.05, 0.1) is 5.69 Å². The van der Waals surface area contributed by atoms with E-state index >= 15 is 0 Å². The minimum absolute atomic E-state index is 0.0801. The molecule has 1 amide bonds. The smallest absolute Gasteiger partial charge is 0.407 e. The van der Waals surface area contributed by atoms with Crippen LogP contribution in [0, 0.1) is 5.92 Å². The summed E-state index contributed by atoms with van der Waals surface area (Å²) in [7, 11) is 0. The number of likely N-dealkylation sites (tertiary alicyclic amines) is 1. The summed E-state index contributed by atoms with van der Waals surface area (Å²) in [6, 6.07) is 6.67. The fourth-order valence-corrected chi connectivity index (χ4v) is 3.38. The molecule has 2 aromatic heterocycles. The predicted molar refractivity (Wildman–Crippen MR) is 96.8 cm³/mol. The molecule has 0 radical (unpaired) electrons. The molecule has 7 nitrogen and oxygen atoms in total. The van der Waals surface area contributed by atoms with Crippen molar-refractivity contribution in [2.75, 3.05) is 6.54 Å². The number of hydrogen-bond acceptors (Lipinski definition) is 4. The lowest BCUT2D eigenvalue weighted by atomic mass is 9.91. The van der Waals surface area contributed by atoms with E-state index in [1.807, 2.05) is 13.8 Å². The average Bonchev–Trinajstić information content (AvgIpc) is 2.62. The van der Waals surface area contributed by atoms with Crippen molar-refractivity contribution in [2.24, 2.45) is 5.92 Å². The van der Waals surface area contributed by atoms with Gasteiger partial charge >= 0.3 is 6.09 Å². The lowest BCUT2D eigenvalue weighted by Gasteiger charge is -2.39. The van der Waals surface area contributed by atoms with Crippen LogP contribution in [0.15, 0.2) is 47.7 Å². The van der Waals surface area contributed by atoms with Crippen LogP contribution >= 0.6 is 0 Å². The summed E-state index contributed by atoms with van der Waals surface area (Å²) in [5.74, 6) is 0.716. The Balaban J connectivity index is 1.73. The van der Waals surface area contributed by atoms with Gasteiger partial charge in [0.2, 0.25) is 0 Å². The zero-order valence-electron chi connectivity index (χ0n) is 14.9. The zero-order chi connectivity index (χ0) is 18.7. The molecule has 3 heterocycles. The Kier molecular flexibility index (Phi) is 5.25. The third-order valence-electron chi connectivity index (χ3n) is 4.75. The Morgan fingerprint density at radius 3 is 2.65 bits per heavy atom. The molecule has 26 heavy (non-hydrogen) atoms. The summed E-state index contributed by atoms with van der Waals surface area (Å²) in [4.78, 5) is 29.2. The van der Waals surface area contributed by atoms with Gasteiger partial charge in [-0.3, -0.25) is 14.3 Å². The molecule has 1 aliphatic heterocycles. The number of nitrogens with zero attached hydrogens (tertiary/aromatic N) is 3. The minimum Gasteiger partial charge on any atom is -0.490 e. The summed E-state index contributed by atoms with van der Waals surface area (Å²) in [5.41, 5.74) is 0.559. The number of hydrogen-bond donors (Lipinski definition) is 1. The van der Waals surface area contributed by atoms with Gasteiger partial charge in [-0.25, -0.2) is 4.79 Å². The summed E-state index contributed by atoms with van der Waals surface area (Å²) in [6.45, 7) is 4.47. The number of amides is 1. The van der Waals surface area contributed by atoms with E-state index in [1.165, 1.54) is 15.5 Å². The van der Waals surface area contributed by atoms with Gasteiger partial charge < -0.3 is 14.7 Å². The van der Waals surface area contributed by atoms with Crippen molar-refractivity contribution >= 4 is 6.09 Å². The zero-order valence-corrected chi connectivity index (χ0v) is 14.9. The van der Waals surface area contributed by atoms with Crippen LogP contribution in [-0.2, 0) is 0 Å². The normalized spacial score (nSPS) is 20.2. The van der Waals surface area contributed by atoms with E-state index in [0.29, 0.717) is 25.1 Å². The van der Waals surface area contributed by atoms with Crippen LogP contribution in [0.2, 0.25) is 0 Å². The van der Waals surface area contributed by atoms with Crippen molar-refractivity contribution in [1.29, 1.82) is 0 Å². The van der Waals surface area contributed by atoms with Crippen LogP contribution in [-0.4, -0.2) is 44.3 Å². The standard InChI is InChI=1S/C19H23N3O4/c1-13(2)17-11-15(6-10-22(17)19(24)25)26-16-5-9-21(18(23)12-16)14-3-7-20-8-4-14/h3-5,7-9,12-13,15,17H,6,10-11H2,1-2H3,(H,24,25). The highest BCUT2D eigenvalue weighted by Gasteiger charge is 2.34. The lowest BCUT2D eigenvalue weighted by molar-refractivity contribution is 0.0381. The fraction of sp³-hybridized carbons (Fsp3) is 0.421. The molecule has 0 saturated carbocycles. The second-order valence-electron chi connectivity index (χ2n) is 6.83. The SMILES string of the molecule is CC(C)C1CC(Oc2ccn(-c3ccncc3)c(=O)c2)CCN1C(=O)O. The molecule has 138 valence electrons. The third-order valence-corrected chi connectivity index (χ3v) is 4.75. The summed E-state index contributed by atoms with van der Waals surface area (Å²) in [6.07, 6.45) is 5.19. The van der Waals surface area contributed by atoms with Gasteiger partial charge in [0.25, 0.3) is 5.56 Å². The Labute approximate surface area is 151 Å². The molecule has 1 N–H and O–H groups in total. The highest BCUT2D eigenvalue weighted by atomic mass is 16.5. The Hall–Kier alpha value is -2.83. The molecule has 1 aliphatic rings. The second kappa shape index (κ2) is 7.59. The Morgan fingerprint density at radius 1 is 1.31 bits per heavy atom. The van der Waals surface area contributed by atoms with Crippen molar-refractivity contribution in [2.45, 2.75) is 38.8 Å². The second-order valence-corrected chi connectivity index (χ2v) is 6.83. The Morgan fingerprint density at radius 2 is 2.04 bits per heavy atom. The van der Waals surface area contributed by atoms with E-state index in [-0.39, 0.29) is 23.6 Å². The molecule has 0 aromatic carbocycles. The van der Waals surface area contributed by atoms with Crippen LogP contribution in [0.1, 0.15) is 26.7 Å². The van der Waals surface area contributed by atoms with Gasteiger partial charge in [0, 0.05) is 50.1 Å². The van der Waals surface area contributed by atoms with E-state index in [0.717, 1.165) is 5.69 Å². The van der Waals surface area contributed by atoms with Crippen LogP contribution in [0.4, 0.5) is 4.79 Å². The van der Waals surface area contributed by atoms with Crippen molar-refractivity contribution < 1.29 is 14.6 Å². The van der Waals surface area contributed by atoms with E-state index in [2.05, 4.69) is 4.98 Å². The molecule has 0 aliphatic carbocycles. The molecule has 0 bridgehead atoms. The number of carboxylic acid groups (broad SMARTS) is 1. The van der Waals surface area contributed by atoms with Gasteiger partial charge in [-0.15, -0.1) is 0 Å². The maximum Gasteiger partial charge on any atom is 0.407 e. The quantitative estimate of drug-likeness (QED) is 0.909. The van der Waals surface area contributed by atoms with E-state index < -0.39 is 6.09 Å². The van der Waals surface area contributed by atoms with Crippen molar-refractivity contribution in [3.05, 3.63) is 53.2 Å². The maximum atomic E-state index is 12.4. The number of pyridine rings is 2. The van der Waals surface area contributed by atoms with Crippen molar-refractivity contribution in [3.63, 3.8) is 0 Å². The summed E-state index contributed by atoms with van der Waals surface area (Å²) >= 11 is 0. The first kappa shape index (κ1) is 18.0. The van der Waals surface area contributed by atoms with Gasteiger partial charge in [0.1, 0.15) is 11.9 Å².